The fourth-order valence-corrected chi connectivity index (χ4v) is 8.45. The van der Waals surface area contributed by atoms with E-state index in [0.717, 1.165) is 56.1 Å². The highest BCUT2D eigenvalue weighted by atomic mass is 16.7. The van der Waals surface area contributed by atoms with Crippen molar-refractivity contribution >= 4 is 5.97 Å². The third-order valence-corrected chi connectivity index (χ3v) is 9.75. The summed E-state index contributed by atoms with van der Waals surface area (Å²) in [5.41, 5.74) is 0.622. The number of carbonyl (C=O) groups excluding carboxylic acids is 1. The average molecular weight is 377 g/mol. The molecule has 5 rings (SSSR count). The molecule has 0 aromatic carbocycles. The zero-order valence-corrected chi connectivity index (χ0v) is 17.3. The fraction of sp³-hybridized carbons (Fsp3) is 0.957. The molecule has 4 nitrogen and oxygen atoms in total. The zero-order chi connectivity index (χ0) is 18.9. The minimum absolute atomic E-state index is 0.112. The number of carbonyl (C=O) groups is 1. The topological polar surface area (TPSA) is 44.8 Å². The molecule has 0 N–H and O–H groups in total. The van der Waals surface area contributed by atoms with Crippen molar-refractivity contribution in [1.82, 2.24) is 0 Å². The van der Waals surface area contributed by atoms with Crippen LogP contribution in [0.1, 0.15) is 78.6 Å². The first kappa shape index (κ1) is 18.4. The van der Waals surface area contributed by atoms with Crippen LogP contribution in [-0.2, 0) is 19.0 Å². The van der Waals surface area contributed by atoms with Gasteiger partial charge in [0, 0.05) is 18.8 Å². The lowest BCUT2D eigenvalue weighted by molar-refractivity contribution is -0.248. The van der Waals surface area contributed by atoms with Gasteiger partial charge >= 0.3 is 5.97 Å². The third-order valence-electron chi connectivity index (χ3n) is 9.75. The van der Waals surface area contributed by atoms with Crippen molar-refractivity contribution in [3.8, 4) is 0 Å². The minimum atomic E-state index is -0.284. The number of esters is 1. The second kappa shape index (κ2) is 6.19. The van der Waals surface area contributed by atoms with Gasteiger partial charge in [-0.15, -0.1) is 0 Å². The van der Waals surface area contributed by atoms with Crippen molar-refractivity contribution in [2.24, 2.45) is 34.5 Å². The molecule has 0 bridgehead atoms. The number of hydrogen-bond donors (Lipinski definition) is 0. The van der Waals surface area contributed by atoms with Crippen molar-refractivity contribution < 1.29 is 19.0 Å². The molecule has 3 unspecified atom stereocenters. The highest BCUT2D eigenvalue weighted by Crippen LogP contribution is 2.69. The lowest BCUT2D eigenvalue weighted by atomic mass is 9.45. The highest BCUT2D eigenvalue weighted by Gasteiger charge is 2.67. The van der Waals surface area contributed by atoms with E-state index in [4.69, 9.17) is 14.2 Å². The first-order valence-electron chi connectivity index (χ1n) is 11.3. The van der Waals surface area contributed by atoms with Gasteiger partial charge in [-0.3, -0.25) is 4.79 Å². The third kappa shape index (κ3) is 2.51. The van der Waals surface area contributed by atoms with Crippen molar-refractivity contribution in [3.05, 3.63) is 0 Å². The van der Waals surface area contributed by atoms with Gasteiger partial charge in [0.2, 0.25) is 0 Å². The maximum atomic E-state index is 11.4. The molecule has 7 atom stereocenters. The first-order valence-corrected chi connectivity index (χ1v) is 11.3. The normalized spacial score (nSPS) is 50.7. The molecule has 5 aliphatic rings. The van der Waals surface area contributed by atoms with Gasteiger partial charge in [-0.1, -0.05) is 13.8 Å². The molecule has 0 amide bonds. The average Bonchev–Trinajstić information content (AvgIpc) is 3.21. The van der Waals surface area contributed by atoms with E-state index >= 15 is 0 Å². The SMILES string of the molecule is CC(=O)O[C@H]1CC[C@]2(C)C3CC[C@@]4(C)C(CCC45OCCO5)C3CC[C@H]2C1. The first-order chi connectivity index (χ1) is 12.9. The zero-order valence-electron chi connectivity index (χ0n) is 17.3. The minimum Gasteiger partial charge on any atom is -0.463 e. The summed E-state index contributed by atoms with van der Waals surface area (Å²) < 4.78 is 18.1. The predicted octanol–water partition coefficient (Wildman–Crippen LogP) is 4.70. The van der Waals surface area contributed by atoms with Gasteiger partial charge in [0.25, 0.3) is 0 Å². The fourth-order valence-electron chi connectivity index (χ4n) is 8.45. The van der Waals surface area contributed by atoms with Crippen LogP contribution in [0.3, 0.4) is 0 Å². The van der Waals surface area contributed by atoms with E-state index in [0.29, 0.717) is 5.41 Å². The molecule has 27 heavy (non-hydrogen) atoms. The summed E-state index contributed by atoms with van der Waals surface area (Å²) in [7, 11) is 0. The summed E-state index contributed by atoms with van der Waals surface area (Å²) in [6.07, 6.45) is 11.1. The van der Waals surface area contributed by atoms with E-state index in [-0.39, 0.29) is 23.3 Å². The molecule has 1 saturated heterocycles. The number of rotatable bonds is 1. The molecule has 1 spiro atoms. The Morgan fingerprint density at radius 2 is 1.67 bits per heavy atom. The van der Waals surface area contributed by atoms with Gasteiger partial charge in [0.1, 0.15) is 6.10 Å². The van der Waals surface area contributed by atoms with E-state index < -0.39 is 0 Å². The van der Waals surface area contributed by atoms with Crippen LogP contribution in [0.2, 0.25) is 0 Å². The standard InChI is InChI=1S/C23H36O4/c1-15(24)27-17-6-9-21(2)16(14-17)4-5-18-19(21)7-10-22(3)20(18)8-11-23(22)25-12-13-26-23/h16-20H,4-14H2,1-3H3/t16-,17-,18?,19?,20?,21-,22-/m0/s1. The molecular weight excluding hydrogens is 340 g/mol. The molecule has 0 aromatic rings. The Labute approximate surface area is 163 Å². The quantitative estimate of drug-likeness (QED) is 0.622. The highest BCUT2D eigenvalue weighted by molar-refractivity contribution is 5.66. The van der Waals surface area contributed by atoms with Gasteiger partial charge in [0.05, 0.1) is 13.2 Å². The Hall–Kier alpha value is -0.610. The summed E-state index contributed by atoms with van der Waals surface area (Å²) >= 11 is 0. The number of hydrogen-bond acceptors (Lipinski definition) is 4. The van der Waals surface area contributed by atoms with Crippen molar-refractivity contribution in [1.29, 1.82) is 0 Å². The van der Waals surface area contributed by atoms with Crippen LogP contribution in [0.4, 0.5) is 0 Å². The molecule has 4 aliphatic carbocycles. The molecule has 1 aliphatic heterocycles. The Morgan fingerprint density at radius 1 is 0.926 bits per heavy atom. The van der Waals surface area contributed by atoms with Crippen LogP contribution in [0, 0.1) is 34.5 Å². The molecule has 152 valence electrons. The van der Waals surface area contributed by atoms with Gasteiger partial charge in [-0.2, -0.15) is 0 Å². The van der Waals surface area contributed by atoms with Crippen LogP contribution in [0.15, 0.2) is 0 Å². The summed E-state index contributed by atoms with van der Waals surface area (Å²) in [6, 6.07) is 0. The predicted molar refractivity (Wildman–Crippen MR) is 102 cm³/mol. The molecule has 5 fully saturated rings. The monoisotopic (exact) mass is 376 g/mol. The smallest absolute Gasteiger partial charge is 0.302 e. The van der Waals surface area contributed by atoms with E-state index in [9.17, 15) is 4.79 Å². The Bertz CT molecular complexity index is 611. The van der Waals surface area contributed by atoms with Gasteiger partial charge in [-0.25, -0.2) is 0 Å². The van der Waals surface area contributed by atoms with Crippen molar-refractivity contribution in [3.63, 3.8) is 0 Å². The van der Waals surface area contributed by atoms with Crippen LogP contribution in [-0.4, -0.2) is 31.1 Å². The largest absolute Gasteiger partial charge is 0.463 e. The molecule has 1 heterocycles. The van der Waals surface area contributed by atoms with Gasteiger partial charge in [0.15, 0.2) is 5.79 Å². The summed E-state index contributed by atoms with van der Waals surface area (Å²) in [4.78, 5) is 11.4. The lowest BCUT2D eigenvalue weighted by Gasteiger charge is -2.61. The van der Waals surface area contributed by atoms with E-state index in [1.54, 1.807) is 6.92 Å². The molecule has 0 radical (unpaired) electrons. The molecular formula is C23H36O4. The molecule has 4 heteroatoms. The van der Waals surface area contributed by atoms with Crippen LogP contribution in [0.5, 0.6) is 0 Å². The summed E-state index contributed by atoms with van der Waals surface area (Å²) in [6.45, 7) is 8.13. The van der Waals surface area contributed by atoms with Crippen molar-refractivity contribution in [2.75, 3.05) is 13.2 Å². The second-order valence-electron chi connectivity index (χ2n) is 10.6. The van der Waals surface area contributed by atoms with Gasteiger partial charge in [-0.05, 0) is 80.5 Å². The Balaban J connectivity index is 1.37. The maximum absolute atomic E-state index is 11.4. The van der Waals surface area contributed by atoms with E-state index in [2.05, 4.69) is 13.8 Å². The number of ether oxygens (including phenoxy) is 3. The van der Waals surface area contributed by atoms with Crippen LogP contribution in [0.25, 0.3) is 0 Å². The summed E-state index contributed by atoms with van der Waals surface area (Å²) in [5.74, 6) is 2.71. The Kier molecular flexibility index (Phi) is 4.22. The number of fused-ring (bicyclic) bond motifs is 6. The second-order valence-corrected chi connectivity index (χ2v) is 10.6. The Morgan fingerprint density at radius 3 is 2.41 bits per heavy atom. The van der Waals surface area contributed by atoms with Crippen LogP contribution < -0.4 is 0 Å². The van der Waals surface area contributed by atoms with Crippen molar-refractivity contribution in [2.45, 2.75) is 90.4 Å². The molecule has 0 aromatic heterocycles. The maximum Gasteiger partial charge on any atom is 0.302 e. The van der Waals surface area contributed by atoms with E-state index in [1.807, 2.05) is 0 Å². The van der Waals surface area contributed by atoms with E-state index in [1.165, 1.54) is 38.5 Å². The van der Waals surface area contributed by atoms with Gasteiger partial charge < -0.3 is 14.2 Å². The lowest BCUT2D eigenvalue weighted by Crippen LogP contribution is -2.57. The van der Waals surface area contributed by atoms with Crippen LogP contribution >= 0.6 is 0 Å². The molecule has 4 saturated carbocycles. The summed E-state index contributed by atoms with van der Waals surface area (Å²) in [5, 5.41) is 0.